The van der Waals surface area contributed by atoms with E-state index in [-0.39, 0.29) is 0 Å². The number of rotatable bonds is 5. The van der Waals surface area contributed by atoms with Gasteiger partial charge < -0.3 is 5.11 Å². The van der Waals surface area contributed by atoms with Crippen LogP contribution in [0.2, 0.25) is 0 Å². The van der Waals surface area contributed by atoms with Gasteiger partial charge in [0.2, 0.25) is 0 Å². The fraction of sp³-hybridized carbons (Fsp3) is 0.571. The third-order valence-electron chi connectivity index (χ3n) is 3.28. The maximum atomic E-state index is 13.0. The highest BCUT2D eigenvalue weighted by molar-refractivity contribution is 7.99. The fourth-order valence-corrected chi connectivity index (χ4v) is 3.58. The maximum Gasteiger partial charge on any atom is 0.159 e. The molecule has 1 atom stereocenters. The summed E-state index contributed by atoms with van der Waals surface area (Å²) in [7, 11) is 0. The van der Waals surface area contributed by atoms with Gasteiger partial charge in [-0.05, 0) is 37.0 Å². The Balaban J connectivity index is 1.78. The van der Waals surface area contributed by atoms with E-state index in [1.807, 2.05) is 0 Å². The Kier molecular flexibility index (Phi) is 5.01. The van der Waals surface area contributed by atoms with Crippen molar-refractivity contribution in [3.63, 3.8) is 0 Å². The summed E-state index contributed by atoms with van der Waals surface area (Å²) in [5.41, 5.74) is 0.647. The standard InChI is InChI=1S/C14H18F2OS/c15-13-6-5-10(8-14(13)16)7-11(17)9-18-12-3-1-2-4-12/h5-6,8,11-12,17H,1-4,7,9H2. The van der Waals surface area contributed by atoms with Gasteiger partial charge in [0, 0.05) is 11.0 Å². The van der Waals surface area contributed by atoms with E-state index in [4.69, 9.17) is 0 Å². The summed E-state index contributed by atoms with van der Waals surface area (Å²) < 4.78 is 25.7. The van der Waals surface area contributed by atoms with Crippen LogP contribution in [0, 0.1) is 11.6 Å². The van der Waals surface area contributed by atoms with Crippen molar-refractivity contribution in [3.8, 4) is 0 Å². The minimum Gasteiger partial charge on any atom is -0.392 e. The van der Waals surface area contributed by atoms with Crippen LogP contribution in [0.4, 0.5) is 8.78 Å². The lowest BCUT2D eigenvalue weighted by Crippen LogP contribution is -2.15. The van der Waals surface area contributed by atoms with E-state index in [0.717, 1.165) is 6.07 Å². The van der Waals surface area contributed by atoms with Crippen molar-refractivity contribution in [2.75, 3.05) is 5.75 Å². The first kappa shape index (κ1) is 13.8. The second kappa shape index (κ2) is 6.53. The molecule has 1 N–H and O–H groups in total. The summed E-state index contributed by atoms with van der Waals surface area (Å²) in [5.74, 6) is -1.01. The number of hydrogen-bond donors (Lipinski definition) is 1. The predicted molar refractivity (Wildman–Crippen MR) is 70.8 cm³/mol. The lowest BCUT2D eigenvalue weighted by Gasteiger charge is -2.13. The number of thioether (sulfide) groups is 1. The number of aliphatic hydroxyl groups is 1. The molecule has 0 spiro atoms. The molecule has 2 rings (SSSR count). The van der Waals surface area contributed by atoms with Gasteiger partial charge in [-0.25, -0.2) is 8.78 Å². The molecule has 1 unspecified atom stereocenters. The molecular formula is C14H18F2OS. The van der Waals surface area contributed by atoms with Gasteiger partial charge in [-0.1, -0.05) is 18.9 Å². The topological polar surface area (TPSA) is 20.2 Å². The molecule has 0 amide bonds. The van der Waals surface area contributed by atoms with Crippen molar-refractivity contribution in [1.29, 1.82) is 0 Å². The average Bonchev–Trinajstić information content (AvgIpc) is 2.84. The molecule has 0 aromatic heterocycles. The largest absolute Gasteiger partial charge is 0.392 e. The molecule has 0 bridgehead atoms. The summed E-state index contributed by atoms with van der Waals surface area (Å²) in [6, 6.07) is 3.81. The van der Waals surface area contributed by atoms with Gasteiger partial charge in [0.25, 0.3) is 0 Å². The van der Waals surface area contributed by atoms with Crippen molar-refractivity contribution < 1.29 is 13.9 Å². The molecule has 1 saturated carbocycles. The number of aliphatic hydroxyl groups excluding tert-OH is 1. The van der Waals surface area contributed by atoms with Crippen LogP contribution in [-0.4, -0.2) is 22.2 Å². The van der Waals surface area contributed by atoms with Gasteiger partial charge in [-0.2, -0.15) is 11.8 Å². The van der Waals surface area contributed by atoms with Crippen LogP contribution in [0.25, 0.3) is 0 Å². The molecule has 100 valence electrons. The molecular weight excluding hydrogens is 254 g/mol. The van der Waals surface area contributed by atoms with Crippen LogP contribution in [-0.2, 0) is 6.42 Å². The Morgan fingerprint density at radius 1 is 1.22 bits per heavy atom. The van der Waals surface area contributed by atoms with Crippen molar-refractivity contribution in [1.82, 2.24) is 0 Å². The molecule has 1 aromatic carbocycles. The third-order valence-corrected chi connectivity index (χ3v) is 4.80. The lowest BCUT2D eigenvalue weighted by atomic mass is 10.1. The van der Waals surface area contributed by atoms with Crippen molar-refractivity contribution in [2.45, 2.75) is 43.5 Å². The summed E-state index contributed by atoms with van der Waals surface area (Å²) in [4.78, 5) is 0. The zero-order valence-corrected chi connectivity index (χ0v) is 11.1. The quantitative estimate of drug-likeness (QED) is 0.884. The predicted octanol–water partition coefficient (Wildman–Crippen LogP) is 3.54. The maximum absolute atomic E-state index is 13.0. The molecule has 1 aromatic rings. The second-order valence-corrected chi connectivity index (χ2v) is 6.18. The van der Waals surface area contributed by atoms with E-state index in [1.165, 1.54) is 37.8 Å². The molecule has 18 heavy (non-hydrogen) atoms. The molecule has 1 fully saturated rings. The normalized spacial score (nSPS) is 18.2. The number of benzene rings is 1. The summed E-state index contributed by atoms with van der Waals surface area (Å²) in [6.45, 7) is 0. The van der Waals surface area contributed by atoms with E-state index < -0.39 is 17.7 Å². The van der Waals surface area contributed by atoms with Crippen LogP contribution in [0.3, 0.4) is 0 Å². The highest BCUT2D eigenvalue weighted by atomic mass is 32.2. The molecule has 4 heteroatoms. The third kappa shape index (κ3) is 3.95. The Morgan fingerprint density at radius 3 is 2.61 bits per heavy atom. The van der Waals surface area contributed by atoms with Crippen molar-refractivity contribution in [3.05, 3.63) is 35.4 Å². The Labute approximate surface area is 111 Å². The Bertz CT molecular complexity index is 391. The minimum atomic E-state index is -0.844. The fourth-order valence-electron chi connectivity index (χ4n) is 2.30. The van der Waals surface area contributed by atoms with E-state index in [2.05, 4.69) is 0 Å². The lowest BCUT2D eigenvalue weighted by molar-refractivity contribution is 0.200. The van der Waals surface area contributed by atoms with Gasteiger partial charge in [0.1, 0.15) is 0 Å². The van der Waals surface area contributed by atoms with Crippen LogP contribution in [0.15, 0.2) is 18.2 Å². The monoisotopic (exact) mass is 272 g/mol. The average molecular weight is 272 g/mol. The van der Waals surface area contributed by atoms with Crippen molar-refractivity contribution >= 4 is 11.8 Å². The smallest absolute Gasteiger partial charge is 0.159 e. The molecule has 0 aliphatic heterocycles. The van der Waals surface area contributed by atoms with E-state index in [9.17, 15) is 13.9 Å². The van der Waals surface area contributed by atoms with Gasteiger partial charge in [0.15, 0.2) is 11.6 Å². The first-order valence-electron chi connectivity index (χ1n) is 6.39. The zero-order chi connectivity index (χ0) is 13.0. The molecule has 0 radical (unpaired) electrons. The van der Waals surface area contributed by atoms with E-state index in [0.29, 0.717) is 23.0 Å². The molecule has 1 aliphatic carbocycles. The molecule has 1 aliphatic rings. The molecule has 0 saturated heterocycles. The van der Waals surface area contributed by atoms with Crippen LogP contribution < -0.4 is 0 Å². The SMILES string of the molecule is OC(CSC1CCCC1)Cc1ccc(F)c(F)c1. The summed E-state index contributed by atoms with van der Waals surface area (Å²) in [5, 5.41) is 10.6. The Hall–Kier alpha value is -0.610. The highest BCUT2D eigenvalue weighted by Crippen LogP contribution is 2.30. The molecule has 1 nitrogen and oxygen atoms in total. The number of halogens is 2. The number of hydrogen-bond acceptors (Lipinski definition) is 2. The van der Waals surface area contributed by atoms with Crippen molar-refractivity contribution in [2.24, 2.45) is 0 Å². The van der Waals surface area contributed by atoms with Crippen LogP contribution >= 0.6 is 11.8 Å². The first-order chi connectivity index (χ1) is 8.65. The summed E-state index contributed by atoms with van der Waals surface area (Å²) >= 11 is 1.80. The van der Waals surface area contributed by atoms with Gasteiger partial charge in [-0.15, -0.1) is 0 Å². The minimum absolute atomic E-state index is 0.386. The zero-order valence-electron chi connectivity index (χ0n) is 10.2. The van der Waals surface area contributed by atoms with Gasteiger partial charge >= 0.3 is 0 Å². The van der Waals surface area contributed by atoms with Crippen LogP contribution in [0.5, 0.6) is 0 Å². The second-order valence-electron chi connectivity index (χ2n) is 4.85. The Morgan fingerprint density at radius 2 is 1.94 bits per heavy atom. The summed E-state index contributed by atoms with van der Waals surface area (Å²) in [6.07, 6.45) is 4.95. The first-order valence-corrected chi connectivity index (χ1v) is 7.43. The molecule has 0 heterocycles. The van der Waals surface area contributed by atoms with E-state index >= 15 is 0 Å². The highest BCUT2D eigenvalue weighted by Gasteiger charge is 2.17. The van der Waals surface area contributed by atoms with Crippen LogP contribution in [0.1, 0.15) is 31.2 Å². The van der Waals surface area contributed by atoms with E-state index in [1.54, 1.807) is 11.8 Å². The van der Waals surface area contributed by atoms with Gasteiger partial charge in [0.05, 0.1) is 6.10 Å². The van der Waals surface area contributed by atoms with Gasteiger partial charge in [-0.3, -0.25) is 0 Å².